The van der Waals surface area contributed by atoms with Crippen LogP contribution in [0.3, 0.4) is 0 Å². The van der Waals surface area contributed by atoms with Crippen molar-refractivity contribution in [3.05, 3.63) is 56.5 Å². The fraction of sp³-hybridized carbons (Fsp3) is 0.364. The summed E-state index contributed by atoms with van der Waals surface area (Å²) in [5.41, 5.74) is 1.94. The van der Waals surface area contributed by atoms with Crippen LogP contribution in [0, 0.1) is 0 Å². The van der Waals surface area contributed by atoms with Crippen LogP contribution >= 0.6 is 31.9 Å². The van der Waals surface area contributed by atoms with Crippen LogP contribution in [0.4, 0.5) is 0 Å². The molecule has 2 aromatic carbocycles. The Balaban J connectivity index is 1.80. The number of benzene rings is 2. The average molecular weight is 508 g/mol. The summed E-state index contributed by atoms with van der Waals surface area (Å²) in [6, 6.07) is 12.2. The van der Waals surface area contributed by atoms with Gasteiger partial charge in [-0.3, -0.25) is 9.98 Å². The van der Waals surface area contributed by atoms with Crippen LogP contribution in [-0.2, 0) is 0 Å². The summed E-state index contributed by atoms with van der Waals surface area (Å²) in [6.45, 7) is 0. The van der Waals surface area contributed by atoms with Crippen molar-refractivity contribution in [2.45, 2.75) is 37.8 Å². The fourth-order valence-corrected chi connectivity index (χ4v) is 4.16. The van der Waals surface area contributed by atoms with Gasteiger partial charge in [-0.1, -0.05) is 44.7 Å². The third-order valence-electron chi connectivity index (χ3n) is 4.89. The number of methoxy groups -OCH3 is 2. The molecule has 0 heterocycles. The molecule has 2 aromatic rings. The highest BCUT2D eigenvalue weighted by molar-refractivity contribution is 9.10. The molecule has 0 unspecified atom stereocenters. The van der Waals surface area contributed by atoms with Crippen LogP contribution in [0.2, 0.25) is 0 Å². The molecule has 6 heteroatoms. The first-order valence-corrected chi connectivity index (χ1v) is 10.9. The molecule has 0 saturated heterocycles. The summed E-state index contributed by atoms with van der Waals surface area (Å²) in [7, 11) is 3.36. The van der Waals surface area contributed by atoms with Crippen LogP contribution < -0.4 is 9.47 Å². The van der Waals surface area contributed by atoms with Gasteiger partial charge < -0.3 is 9.47 Å². The molecule has 0 amide bonds. The molecular weight excluding hydrogens is 484 g/mol. The highest BCUT2D eigenvalue weighted by atomic mass is 79.9. The van der Waals surface area contributed by atoms with Crippen molar-refractivity contribution in [1.82, 2.24) is 0 Å². The Bertz CT molecular complexity index is 796. The van der Waals surface area contributed by atoms with E-state index >= 15 is 0 Å². The number of ether oxygens (including phenoxy) is 2. The van der Waals surface area contributed by atoms with Gasteiger partial charge in [-0.25, -0.2) is 0 Å². The van der Waals surface area contributed by atoms with E-state index in [9.17, 15) is 0 Å². The van der Waals surface area contributed by atoms with Gasteiger partial charge in [0.2, 0.25) is 0 Å². The molecule has 1 aliphatic carbocycles. The quantitative estimate of drug-likeness (QED) is 0.445. The Morgan fingerprint density at radius 3 is 1.61 bits per heavy atom. The lowest BCUT2D eigenvalue weighted by Crippen LogP contribution is -2.27. The number of halogens is 2. The van der Waals surface area contributed by atoms with E-state index in [1.165, 1.54) is 12.8 Å². The van der Waals surface area contributed by atoms with Gasteiger partial charge in [-0.05, 0) is 49.2 Å². The summed E-state index contributed by atoms with van der Waals surface area (Å²) < 4.78 is 12.9. The molecular formula is C22H24Br2N2O2. The lowest BCUT2D eigenvalue weighted by molar-refractivity contribution is 0.389. The normalized spacial score (nSPS) is 20.0. The molecule has 0 N–H and O–H groups in total. The minimum Gasteiger partial charge on any atom is -0.496 e. The van der Waals surface area contributed by atoms with Crippen molar-refractivity contribution in [2.75, 3.05) is 14.2 Å². The van der Waals surface area contributed by atoms with Gasteiger partial charge in [0.1, 0.15) is 11.5 Å². The Hall–Kier alpha value is -1.66. The summed E-state index contributed by atoms with van der Waals surface area (Å²) in [5, 5.41) is 0. The molecule has 2 atom stereocenters. The molecule has 148 valence electrons. The number of nitrogens with zero attached hydrogens (tertiary/aromatic N) is 2. The van der Waals surface area contributed by atoms with Crippen molar-refractivity contribution in [1.29, 1.82) is 0 Å². The van der Waals surface area contributed by atoms with E-state index < -0.39 is 0 Å². The lowest BCUT2D eigenvalue weighted by Gasteiger charge is -2.25. The first-order chi connectivity index (χ1) is 13.6. The predicted molar refractivity (Wildman–Crippen MR) is 123 cm³/mol. The van der Waals surface area contributed by atoms with E-state index in [1.807, 2.05) is 48.8 Å². The number of aliphatic imine (C=N–C) groups is 2. The van der Waals surface area contributed by atoms with Crippen LogP contribution in [0.25, 0.3) is 0 Å². The van der Waals surface area contributed by atoms with Crippen LogP contribution in [-0.4, -0.2) is 38.7 Å². The lowest BCUT2D eigenvalue weighted by atomic mass is 9.91. The van der Waals surface area contributed by atoms with Gasteiger partial charge >= 0.3 is 0 Å². The SMILES string of the molecule is COc1ccc(Br)cc1C=N[C@@H]1CCCC[C@H]1N=Cc1cc(Br)ccc1OC. The Labute approximate surface area is 183 Å². The monoisotopic (exact) mass is 506 g/mol. The van der Waals surface area contributed by atoms with Gasteiger partial charge in [-0.15, -0.1) is 0 Å². The molecule has 1 saturated carbocycles. The highest BCUT2D eigenvalue weighted by Crippen LogP contribution is 2.27. The smallest absolute Gasteiger partial charge is 0.127 e. The first kappa shape index (κ1) is 21.1. The molecule has 0 bridgehead atoms. The van der Waals surface area contributed by atoms with Crippen LogP contribution in [0.5, 0.6) is 11.5 Å². The highest BCUT2D eigenvalue weighted by Gasteiger charge is 2.23. The van der Waals surface area contributed by atoms with Crippen molar-refractivity contribution in [2.24, 2.45) is 9.98 Å². The maximum atomic E-state index is 5.45. The van der Waals surface area contributed by atoms with Gasteiger partial charge in [0.05, 0.1) is 26.3 Å². The molecule has 0 aliphatic heterocycles. The zero-order valence-electron chi connectivity index (χ0n) is 16.1. The molecule has 0 aromatic heterocycles. The van der Waals surface area contributed by atoms with Crippen molar-refractivity contribution >= 4 is 44.3 Å². The Morgan fingerprint density at radius 1 is 0.786 bits per heavy atom. The molecule has 3 rings (SSSR count). The summed E-state index contributed by atoms with van der Waals surface area (Å²) >= 11 is 7.03. The predicted octanol–water partition coefficient (Wildman–Crippen LogP) is 6.08. The van der Waals surface area contributed by atoms with Crippen molar-refractivity contribution in [3.63, 3.8) is 0 Å². The summed E-state index contributed by atoms with van der Waals surface area (Å²) in [6.07, 6.45) is 8.30. The average Bonchev–Trinajstić information content (AvgIpc) is 2.71. The second-order valence-corrected chi connectivity index (χ2v) is 8.58. The summed E-state index contributed by atoms with van der Waals surface area (Å²) in [5.74, 6) is 1.64. The second-order valence-electron chi connectivity index (χ2n) is 6.75. The zero-order chi connectivity index (χ0) is 19.9. The molecule has 1 fully saturated rings. The number of hydrogen-bond acceptors (Lipinski definition) is 4. The van der Waals surface area contributed by atoms with E-state index in [1.54, 1.807) is 14.2 Å². The zero-order valence-corrected chi connectivity index (χ0v) is 19.2. The van der Waals surface area contributed by atoms with Gasteiger partial charge in [0.25, 0.3) is 0 Å². The standard InChI is InChI=1S/C22H24Br2N2O2/c1-27-21-9-7-17(23)11-15(21)13-25-19-5-3-4-6-20(19)26-14-16-12-18(24)8-10-22(16)28-2/h7-14,19-20H,3-6H2,1-2H3/t19-,20-/m1/s1. The minimum atomic E-state index is 0.173. The maximum Gasteiger partial charge on any atom is 0.127 e. The minimum absolute atomic E-state index is 0.173. The van der Waals surface area contributed by atoms with E-state index in [2.05, 4.69) is 31.9 Å². The molecule has 4 nitrogen and oxygen atoms in total. The Morgan fingerprint density at radius 2 is 1.21 bits per heavy atom. The number of hydrogen-bond donors (Lipinski definition) is 0. The van der Waals surface area contributed by atoms with Gasteiger partial charge in [0, 0.05) is 32.5 Å². The van der Waals surface area contributed by atoms with Crippen LogP contribution in [0.1, 0.15) is 36.8 Å². The maximum absolute atomic E-state index is 5.45. The van der Waals surface area contributed by atoms with Gasteiger partial charge in [-0.2, -0.15) is 0 Å². The van der Waals surface area contributed by atoms with E-state index in [0.717, 1.165) is 44.4 Å². The van der Waals surface area contributed by atoms with E-state index in [-0.39, 0.29) is 12.1 Å². The van der Waals surface area contributed by atoms with Crippen molar-refractivity contribution in [3.8, 4) is 11.5 Å². The largest absolute Gasteiger partial charge is 0.496 e. The van der Waals surface area contributed by atoms with E-state index in [0.29, 0.717) is 0 Å². The third-order valence-corrected chi connectivity index (χ3v) is 5.87. The van der Waals surface area contributed by atoms with E-state index in [4.69, 9.17) is 19.5 Å². The van der Waals surface area contributed by atoms with Crippen LogP contribution in [0.15, 0.2) is 55.3 Å². The third kappa shape index (κ3) is 5.45. The fourth-order valence-electron chi connectivity index (χ4n) is 3.40. The molecule has 1 aliphatic rings. The number of rotatable bonds is 6. The van der Waals surface area contributed by atoms with Crippen molar-refractivity contribution < 1.29 is 9.47 Å². The molecule has 0 radical (unpaired) electrons. The first-order valence-electron chi connectivity index (χ1n) is 9.34. The second kappa shape index (κ2) is 10.2. The molecule has 28 heavy (non-hydrogen) atoms. The Kier molecular flexibility index (Phi) is 7.68. The topological polar surface area (TPSA) is 43.2 Å². The van der Waals surface area contributed by atoms with Gasteiger partial charge in [0.15, 0.2) is 0 Å². The molecule has 0 spiro atoms. The summed E-state index contributed by atoms with van der Waals surface area (Å²) in [4.78, 5) is 9.75.